The molecule has 4 nitrogen and oxygen atoms in total. The fraction of sp³-hybridized carbons (Fsp3) is 0.538. The third kappa shape index (κ3) is 1.92. The van der Waals surface area contributed by atoms with Crippen LogP contribution in [0, 0.1) is 0 Å². The topological polar surface area (TPSA) is 36.9 Å². The Kier molecular flexibility index (Phi) is 2.79. The molecule has 0 aromatic heterocycles. The molecule has 0 saturated carbocycles. The van der Waals surface area contributed by atoms with Crippen molar-refractivity contribution >= 4 is 24.2 Å². The van der Waals surface area contributed by atoms with Crippen LogP contribution in [0.2, 0.25) is 5.02 Å². The summed E-state index contributed by atoms with van der Waals surface area (Å²) in [4.78, 5) is 0. The first-order chi connectivity index (χ1) is 8.82. The van der Waals surface area contributed by atoms with Gasteiger partial charge in [-0.3, -0.25) is 0 Å². The number of ether oxygens (including phenoxy) is 2. The molecule has 2 aliphatic heterocycles. The second-order valence-electron chi connectivity index (χ2n) is 5.79. The molecule has 1 fully saturated rings. The van der Waals surface area contributed by atoms with Gasteiger partial charge in [-0.15, -0.1) is 0 Å². The van der Waals surface area contributed by atoms with Crippen molar-refractivity contribution in [2.45, 2.75) is 38.9 Å². The van der Waals surface area contributed by atoms with Gasteiger partial charge in [0.15, 0.2) is 11.5 Å². The average molecular weight is 283 g/mol. The van der Waals surface area contributed by atoms with Gasteiger partial charge in [0.1, 0.15) is 0 Å². The molecule has 0 radical (unpaired) electrons. The van der Waals surface area contributed by atoms with Crippen molar-refractivity contribution in [1.82, 2.24) is 0 Å². The van der Waals surface area contributed by atoms with E-state index in [0.717, 1.165) is 5.46 Å². The quantitative estimate of drug-likeness (QED) is 0.741. The van der Waals surface area contributed by atoms with Gasteiger partial charge >= 0.3 is 7.12 Å². The van der Waals surface area contributed by atoms with E-state index in [0.29, 0.717) is 16.5 Å². The smallest absolute Gasteiger partial charge is 0.454 e. The van der Waals surface area contributed by atoms with Crippen molar-refractivity contribution in [2.75, 3.05) is 6.79 Å². The second-order valence-corrected chi connectivity index (χ2v) is 6.17. The molecule has 0 bridgehead atoms. The molecule has 3 rings (SSSR count). The molecule has 1 aromatic carbocycles. The van der Waals surface area contributed by atoms with Crippen LogP contribution < -0.4 is 14.9 Å². The van der Waals surface area contributed by atoms with E-state index in [1.165, 1.54) is 0 Å². The molecule has 2 aliphatic rings. The van der Waals surface area contributed by atoms with Crippen molar-refractivity contribution in [2.24, 2.45) is 0 Å². The third-order valence-electron chi connectivity index (χ3n) is 4.02. The van der Waals surface area contributed by atoms with Gasteiger partial charge in [0.25, 0.3) is 0 Å². The van der Waals surface area contributed by atoms with Crippen LogP contribution in [0.25, 0.3) is 0 Å². The lowest BCUT2D eigenvalue weighted by molar-refractivity contribution is 0.00578. The minimum atomic E-state index is -0.494. The zero-order chi connectivity index (χ0) is 13.8. The minimum absolute atomic E-state index is 0.196. The molecule has 0 atom stereocenters. The van der Waals surface area contributed by atoms with E-state index in [9.17, 15) is 0 Å². The van der Waals surface area contributed by atoms with Crippen molar-refractivity contribution in [3.63, 3.8) is 0 Å². The van der Waals surface area contributed by atoms with Crippen LogP contribution in [0.3, 0.4) is 0 Å². The highest BCUT2D eigenvalue weighted by Gasteiger charge is 2.52. The lowest BCUT2D eigenvalue weighted by atomic mass is 9.79. The summed E-state index contributed by atoms with van der Waals surface area (Å²) in [7, 11) is -0.494. The zero-order valence-electron chi connectivity index (χ0n) is 11.5. The molecule has 0 spiro atoms. The van der Waals surface area contributed by atoms with Crippen LogP contribution >= 0.6 is 11.6 Å². The van der Waals surface area contributed by atoms with Crippen LogP contribution in [-0.2, 0) is 9.31 Å². The van der Waals surface area contributed by atoms with E-state index in [4.69, 9.17) is 30.4 Å². The summed E-state index contributed by atoms with van der Waals surface area (Å²) in [6.07, 6.45) is 0. The highest BCUT2D eigenvalue weighted by molar-refractivity contribution is 6.66. The Hall–Kier alpha value is -0.905. The summed E-state index contributed by atoms with van der Waals surface area (Å²) in [5.41, 5.74) is -0.0149. The first-order valence-electron chi connectivity index (χ1n) is 6.25. The molecule has 6 heteroatoms. The molecule has 0 aliphatic carbocycles. The van der Waals surface area contributed by atoms with E-state index in [2.05, 4.69) is 0 Å². The van der Waals surface area contributed by atoms with Crippen LogP contribution in [0.4, 0.5) is 0 Å². The van der Waals surface area contributed by atoms with Gasteiger partial charge in [-0.25, -0.2) is 0 Å². The molecule has 0 N–H and O–H groups in total. The van der Waals surface area contributed by atoms with Gasteiger partial charge in [-0.05, 0) is 33.8 Å². The number of hydrogen-bond donors (Lipinski definition) is 0. The standard InChI is InChI=1S/C13H16BClO4/c1-12(2)13(3,4)19-14(18-12)8-5-6-9-11(10(8)15)17-7-16-9/h5-6H,7H2,1-4H3. The molecular weight excluding hydrogens is 266 g/mol. The van der Waals surface area contributed by atoms with Crippen LogP contribution in [0.15, 0.2) is 12.1 Å². The maximum absolute atomic E-state index is 6.36. The van der Waals surface area contributed by atoms with Gasteiger partial charge in [0.05, 0.1) is 16.2 Å². The SMILES string of the molecule is CC1(C)OB(c2ccc3c(c2Cl)OCO3)OC1(C)C. The molecule has 1 saturated heterocycles. The molecule has 19 heavy (non-hydrogen) atoms. The van der Waals surface area contributed by atoms with E-state index in [1.807, 2.05) is 39.8 Å². The van der Waals surface area contributed by atoms with Crippen LogP contribution in [0.1, 0.15) is 27.7 Å². The Balaban J connectivity index is 1.97. The molecular formula is C13H16BClO4. The number of rotatable bonds is 1. The Morgan fingerprint density at radius 2 is 1.68 bits per heavy atom. The Morgan fingerprint density at radius 3 is 2.32 bits per heavy atom. The molecule has 0 unspecified atom stereocenters. The van der Waals surface area contributed by atoms with Crippen molar-refractivity contribution in [1.29, 1.82) is 0 Å². The van der Waals surface area contributed by atoms with Gasteiger partial charge in [-0.1, -0.05) is 17.7 Å². The monoisotopic (exact) mass is 282 g/mol. The Morgan fingerprint density at radius 1 is 1.05 bits per heavy atom. The molecule has 1 aromatic rings. The summed E-state index contributed by atoms with van der Waals surface area (Å²) < 4.78 is 22.6. The Bertz CT molecular complexity index is 514. The predicted octanol–water partition coefficient (Wildman–Crippen LogP) is 2.37. The van der Waals surface area contributed by atoms with Crippen molar-refractivity contribution < 1.29 is 18.8 Å². The number of benzene rings is 1. The fourth-order valence-corrected chi connectivity index (χ4v) is 2.41. The molecule has 2 heterocycles. The second kappa shape index (κ2) is 4.04. The van der Waals surface area contributed by atoms with Crippen molar-refractivity contribution in [3.05, 3.63) is 17.2 Å². The lowest BCUT2D eigenvalue weighted by Gasteiger charge is -2.32. The normalized spacial score (nSPS) is 22.9. The lowest BCUT2D eigenvalue weighted by Crippen LogP contribution is -2.41. The maximum atomic E-state index is 6.36. The summed E-state index contributed by atoms with van der Waals surface area (Å²) in [5, 5.41) is 0.494. The minimum Gasteiger partial charge on any atom is -0.454 e. The maximum Gasteiger partial charge on any atom is 0.496 e. The van der Waals surface area contributed by atoms with E-state index < -0.39 is 18.3 Å². The first-order valence-corrected chi connectivity index (χ1v) is 6.63. The van der Waals surface area contributed by atoms with Crippen LogP contribution in [0.5, 0.6) is 11.5 Å². The largest absolute Gasteiger partial charge is 0.496 e. The highest BCUT2D eigenvalue weighted by Crippen LogP contribution is 2.41. The summed E-state index contributed by atoms with van der Waals surface area (Å²) >= 11 is 6.36. The van der Waals surface area contributed by atoms with Gasteiger partial charge < -0.3 is 18.8 Å². The third-order valence-corrected chi connectivity index (χ3v) is 4.41. The number of hydrogen-bond acceptors (Lipinski definition) is 4. The highest BCUT2D eigenvalue weighted by atomic mass is 35.5. The van der Waals surface area contributed by atoms with E-state index in [-0.39, 0.29) is 6.79 Å². The summed E-state index contributed by atoms with van der Waals surface area (Å²) in [5.74, 6) is 1.22. The molecule has 0 amide bonds. The van der Waals surface area contributed by atoms with Gasteiger partial charge in [0, 0.05) is 5.46 Å². The summed E-state index contributed by atoms with van der Waals surface area (Å²) in [6, 6.07) is 3.69. The average Bonchev–Trinajstić information content (AvgIpc) is 2.83. The Labute approximate surface area is 118 Å². The van der Waals surface area contributed by atoms with E-state index >= 15 is 0 Å². The van der Waals surface area contributed by atoms with E-state index in [1.54, 1.807) is 0 Å². The molecule has 102 valence electrons. The van der Waals surface area contributed by atoms with Gasteiger partial charge in [0.2, 0.25) is 6.79 Å². The first kappa shape index (κ1) is 13.1. The summed E-state index contributed by atoms with van der Waals surface area (Å²) in [6.45, 7) is 8.23. The predicted molar refractivity (Wildman–Crippen MR) is 73.3 cm³/mol. The van der Waals surface area contributed by atoms with Crippen molar-refractivity contribution in [3.8, 4) is 11.5 Å². The zero-order valence-corrected chi connectivity index (χ0v) is 12.2. The fourth-order valence-electron chi connectivity index (χ4n) is 2.11. The number of fused-ring (bicyclic) bond motifs is 1. The van der Waals surface area contributed by atoms with Crippen LogP contribution in [-0.4, -0.2) is 25.1 Å². The van der Waals surface area contributed by atoms with Gasteiger partial charge in [-0.2, -0.15) is 0 Å². The number of halogens is 1.